The Morgan fingerprint density at radius 3 is 2.51 bits per heavy atom. The molecule has 6 N–H and O–H groups in total. The first kappa shape index (κ1) is 36.5. The van der Waals surface area contributed by atoms with Crippen molar-refractivity contribution in [3.63, 3.8) is 0 Å². The fourth-order valence-corrected chi connectivity index (χ4v) is 6.68. The summed E-state index contributed by atoms with van der Waals surface area (Å²) in [6, 6.07) is 19.0. The van der Waals surface area contributed by atoms with Crippen molar-refractivity contribution in [2.24, 2.45) is 0 Å². The molecule has 0 saturated carbocycles. The first-order chi connectivity index (χ1) is 23.5. The van der Waals surface area contributed by atoms with Crippen LogP contribution >= 0.6 is 10.8 Å². The second kappa shape index (κ2) is 17.2. The van der Waals surface area contributed by atoms with Gasteiger partial charge in [-0.15, -0.1) is 10.8 Å². The summed E-state index contributed by atoms with van der Waals surface area (Å²) in [4.78, 5) is 49.8. The third-order valence-electron chi connectivity index (χ3n) is 7.65. The van der Waals surface area contributed by atoms with Crippen LogP contribution in [-0.2, 0) is 32.1 Å². The van der Waals surface area contributed by atoms with Gasteiger partial charge in [-0.05, 0) is 54.2 Å². The summed E-state index contributed by atoms with van der Waals surface area (Å²) in [7, 11) is -2.28. The van der Waals surface area contributed by atoms with Gasteiger partial charge in [0, 0.05) is 13.0 Å². The van der Waals surface area contributed by atoms with Gasteiger partial charge in [-0.1, -0.05) is 48.5 Å². The first-order valence-corrected chi connectivity index (χ1v) is 17.0. The number of hydrogen-bond acceptors (Lipinski definition) is 11. The van der Waals surface area contributed by atoms with Crippen molar-refractivity contribution in [1.29, 1.82) is 5.26 Å². The zero-order valence-electron chi connectivity index (χ0n) is 26.7. The van der Waals surface area contributed by atoms with Crippen molar-refractivity contribution < 1.29 is 47.6 Å². The molecule has 3 amide bonds. The number of unbranched alkanes of at least 4 members (excludes halogenated alkanes) is 2. The average Bonchev–Trinajstić information content (AvgIpc) is 3.37. The number of carbonyl (C=O) groups excluding carboxylic acids is 4. The number of aromatic hydroxyl groups is 1. The van der Waals surface area contributed by atoms with E-state index in [-0.39, 0.29) is 60.8 Å². The summed E-state index contributed by atoms with van der Waals surface area (Å²) in [6.45, 7) is 0.509. The average molecular weight is 695 g/mol. The van der Waals surface area contributed by atoms with Crippen LogP contribution < -0.4 is 20.1 Å². The van der Waals surface area contributed by atoms with E-state index in [0.29, 0.717) is 24.8 Å². The topological polar surface area (TPSA) is 217 Å². The highest BCUT2D eigenvalue weighted by Crippen LogP contribution is 2.56. The molecule has 0 radical (unpaired) electrons. The molecule has 49 heavy (non-hydrogen) atoms. The second-order valence-electron chi connectivity index (χ2n) is 11.1. The number of hydrogen-bond donors (Lipinski definition) is 6. The van der Waals surface area contributed by atoms with Gasteiger partial charge in [0.15, 0.2) is 0 Å². The lowest BCUT2D eigenvalue weighted by molar-refractivity contribution is -0.123. The van der Waals surface area contributed by atoms with Crippen LogP contribution in [0.15, 0.2) is 66.7 Å². The van der Waals surface area contributed by atoms with Crippen molar-refractivity contribution in [3.05, 3.63) is 94.5 Å². The van der Waals surface area contributed by atoms with E-state index in [1.165, 1.54) is 25.3 Å². The summed E-state index contributed by atoms with van der Waals surface area (Å²) in [5.41, 5.74) is 1.60. The Labute approximate surface area is 284 Å². The number of amides is 3. The molecule has 0 aromatic heterocycles. The molecule has 15 heteroatoms. The molecule has 1 heterocycles. The molecule has 1 aliphatic heterocycles. The maximum Gasteiger partial charge on any atom is 0.408 e. The Morgan fingerprint density at radius 2 is 1.82 bits per heavy atom. The SMILES string of the molecule is COC(=O)c1c(O)cccc1OCCCCCNC(=O)[C@H](Cc1ccc(C2CC(=O)NS2(O)O)c(C#N)c1)NC(=O)OCc1ccccc1. The van der Waals surface area contributed by atoms with Crippen molar-refractivity contribution in [1.82, 2.24) is 15.4 Å². The molecule has 260 valence electrons. The highest BCUT2D eigenvalue weighted by Gasteiger charge is 2.39. The van der Waals surface area contributed by atoms with Gasteiger partial charge in [-0.3, -0.25) is 23.4 Å². The smallest absolute Gasteiger partial charge is 0.408 e. The molecule has 1 aliphatic rings. The molecule has 0 spiro atoms. The minimum atomic E-state index is -3.48. The van der Waals surface area contributed by atoms with Gasteiger partial charge in [0.2, 0.25) is 11.8 Å². The summed E-state index contributed by atoms with van der Waals surface area (Å²) in [6.07, 6.45) is 0.773. The number of phenolic OH excluding ortho intramolecular Hbond substituents is 1. The monoisotopic (exact) mass is 694 g/mol. The fraction of sp³-hybridized carbons (Fsp3) is 0.324. The summed E-state index contributed by atoms with van der Waals surface area (Å²) in [5.74, 6) is -1.80. The third-order valence-corrected chi connectivity index (χ3v) is 9.39. The molecule has 0 aliphatic carbocycles. The molecular weight excluding hydrogens is 656 g/mol. The molecule has 3 aromatic carbocycles. The van der Waals surface area contributed by atoms with Crippen LogP contribution in [0.1, 0.15) is 63.5 Å². The Morgan fingerprint density at radius 1 is 1.04 bits per heavy atom. The molecule has 14 nitrogen and oxygen atoms in total. The van der Waals surface area contributed by atoms with Crippen molar-refractivity contribution >= 4 is 34.7 Å². The highest BCUT2D eigenvalue weighted by molar-refractivity contribution is 8.23. The number of alkyl carbamates (subject to hydrolysis) is 1. The van der Waals surface area contributed by atoms with E-state index >= 15 is 0 Å². The van der Waals surface area contributed by atoms with Crippen molar-refractivity contribution in [2.75, 3.05) is 20.3 Å². The van der Waals surface area contributed by atoms with E-state index in [1.54, 1.807) is 42.5 Å². The van der Waals surface area contributed by atoms with Crippen LogP contribution in [-0.4, -0.2) is 64.4 Å². The van der Waals surface area contributed by atoms with E-state index in [9.17, 15) is 38.7 Å². The number of phenols is 1. The number of nitriles is 1. The minimum Gasteiger partial charge on any atom is -0.507 e. The normalized spacial score (nSPS) is 16.0. The van der Waals surface area contributed by atoms with Crippen LogP contribution in [0, 0.1) is 11.3 Å². The zero-order chi connectivity index (χ0) is 35.4. The molecule has 1 fully saturated rings. The van der Waals surface area contributed by atoms with E-state index in [2.05, 4.69) is 15.4 Å². The van der Waals surface area contributed by atoms with E-state index in [1.807, 2.05) is 12.1 Å². The highest BCUT2D eigenvalue weighted by atomic mass is 32.3. The predicted molar refractivity (Wildman–Crippen MR) is 179 cm³/mol. The lowest BCUT2D eigenvalue weighted by Crippen LogP contribution is -2.48. The third kappa shape index (κ3) is 10.1. The van der Waals surface area contributed by atoms with Crippen molar-refractivity contribution in [3.8, 4) is 17.6 Å². The molecule has 1 saturated heterocycles. The zero-order valence-corrected chi connectivity index (χ0v) is 27.5. The Kier molecular flexibility index (Phi) is 12.8. The molecule has 0 bridgehead atoms. The van der Waals surface area contributed by atoms with Crippen LogP contribution in [0.25, 0.3) is 0 Å². The number of methoxy groups -OCH3 is 1. The maximum absolute atomic E-state index is 13.3. The molecule has 1 unspecified atom stereocenters. The van der Waals surface area contributed by atoms with Crippen LogP contribution in [0.2, 0.25) is 0 Å². The van der Waals surface area contributed by atoms with Crippen molar-refractivity contribution in [2.45, 2.75) is 50.0 Å². The summed E-state index contributed by atoms with van der Waals surface area (Å²) >= 11 is 0. The number of esters is 1. The standard InChI is InChI=1S/C34H38N4O10S/c1-46-33(42)31-27(39)11-8-12-28(31)47-16-7-3-6-15-36-32(41)26(37-34(43)48-21-22-9-4-2-5-10-22)18-23-13-14-25(24(17-23)20-35)29-19-30(40)38-49(29,44)45/h2,4-5,8-14,17,26,29,39,44-45H,3,6-7,15-16,18-19,21H2,1H3,(H,36,41)(H,37,43)(H,38,40)/t26-,29?/m0/s1. The number of nitrogens with one attached hydrogen (secondary N) is 3. The van der Waals surface area contributed by atoms with E-state index in [4.69, 9.17) is 14.2 Å². The van der Waals surface area contributed by atoms with E-state index < -0.39 is 45.9 Å². The first-order valence-electron chi connectivity index (χ1n) is 15.4. The maximum atomic E-state index is 13.3. The molecule has 4 rings (SSSR count). The van der Waals surface area contributed by atoms with Gasteiger partial charge >= 0.3 is 12.1 Å². The quantitative estimate of drug-likeness (QED) is 0.0963. The Balaban J connectivity index is 1.35. The number of carbonyl (C=O) groups is 4. The van der Waals surface area contributed by atoms with Gasteiger partial charge in [-0.2, -0.15) is 5.26 Å². The number of benzene rings is 3. The van der Waals surface area contributed by atoms with Crippen LogP contribution in [0.3, 0.4) is 0 Å². The predicted octanol–water partition coefficient (Wildman–Crippen LogP) is 4.48. The number of nitrogens with zero attached hydrogens (tertiary/aromatic N) is 1. The van der Waals surface area contributed by atoms with Crippen LogP contribution in [0.5, 0.6) is 11.5 Å². The molecule has 2 atom stereocenters. The van der Waals surface area contributed by atoms with Gasteiger partial charge in [-0.25, -0.2) is 9.59 Å². The lowest BCUT2D eigenvalue weighted by Gasteiger charge is -2.33. The van der Waals surface area contributed by atoms with Gasteiger partial charge in [0.1, 0.15) is 35.0 Å². The Hall–Kier alpha value is -5.30. The molecule has 3 aromatic rings. The van der Waals surface area contributed by atoms with Gasteiger partial charge < -0.3 is 30.0 Å². The lowest BCUT2D eigenvalue weighted by atomic mass is 9.97. The van der Waals surface area contributed by atoms with Gasteiger partial charge in [0.05, 0.1) is 31.8 Å². The molecular formula is C34H38N4O10S. The summed E-state index contributed by atoms with van der Waals surface area (Å²) < 4.78 is 38.5. The van der Waals surface area contributed by atoms with Gasteiger partial charge in [0.25, 0.3) is 0 Å². The minimum absolute atomic E-state index is 0.0133. The largest absolute Gasteiger partial charge is 0.507 e. The Bertz CT molecular complexity index is 1700. The number of rotatable bonds is 15. The second-order valence-corrected chi connectivity index (χ2v) is 13.1. The fourth-order valence-electron chi connectivity index (χ4n) is 5.18. The van der Waals surface area contributed by atoms with E-state index in [0.717, 1.165) is 5.56 Å². The van der Waals surface area contributed by atoms with Crippen LogP contribution in [0.4, 0.5) is 4.79 Å². The number of ether oxygens (including phenoxy) is 3. The summed E-state index contributed by atoms with van der Waals surface area (Å²) in [5, 5.41) is 24.2.